The molecule has 1 aliphatic carbocycles. The largest absolute Gasteiger partial charge is 0.352 e. The SMILES string of the molecule is O=C1NC2CCCC2C1c1ccc(C#Cc2cccc(F)c2)cn1. The van der Waals surface area contributed by atoms with Gasteiger partial charge in [0.15, 0.2) is 0 Å². The van der Waals surface area contributed by atoms with Crippen LogP contribution in [0.4, 0.5) is 4.39 Å². The Hall–Kier alpha value is -2.67. The summed E-state index contributed by atoms with van der Waals surface area (Å²) in [7, 11) is 0. The van der Waals surface area contributed by atoms with Crippen molar-refractivity contribution in [2.45, 2.75) is 31.2 Å². The lowest BCUT2D eigenvalue weighted by atomic mass is 9.89. The molecule has 2 heterocycles. The zero-order chi connectivity index (χ0) is 16.5. The smallest absolute Gasteiger partial charge is 0.229 e. The molecular weight excluding hydrogens is 303 g/mol. The molecule has 0 spiro atoms. The van der Waals surface area contributed by atoms with Crippen LogP contribution in [0.25, 0.3) is 0 Å². The summed E-state index contributed by atoms with van der Waals surface area (Å²) in [6.07, 6.45) is 5.02. The molecule has 3 atom stereocenters. The Kier molecular flexibility index (Phi) is 3.78. The third-order valence-corrected chi connectivity index (χ3v) is 4.89. The van der Waals surface area contributed by atoms with Gasteiger partial charge in [-0.2, -0.15) is 0 Å². The Morgan fingerprint density at radius 1 is 1.12 bits per heavy atom. The molecule has 1 amide bonds. The van der Waals surface area contributed by atoms with Gasteiger partial charge in [-0.15, -0.1) is 0 Å². The first kappa shape index (κ1) is 14.9. The Morgan fingerprint density at radius 2 is 2.00 bits per heavy atom. The third-order valence-electron chi connectivity index (χ3n) is 4.89. The van der Waals surface area contributed by atoms with Crippen LogP contribution in [-0.2, 0) is 4.79 Å². The van der Waals surface area contributed by atoms with E-state index >= 15 is 0 Å². The number of nitrogens with zero attached hydrogens (tertiary/aromatic N) is 1. The first-order valence-corrected chi connectivity index (χ1v) is 8.24. The molecule has 1 aromatic heterocycles. The van der Waals surface area contributed by atoms with Crippen LogP contribution in [0, 0.1) is 23.6 Å². The van der Waals surface area contributed by atoms with Crippen LogP contribution in [0.3, 0.4) is 0 Å². The monoisotopic (exact) mass is 320 g/mol. The molecule has 1 saturated heterocycles. The van der Waals surface area contributed by atoms with Crippen molar-refractivity contribution in [3.05, 3.63) is 65.2 Å². The van der Waals surface area contributed by atoms with Crippen molar-refractivity contribution in [3.63, 3.8) is 0 Å². The van der Waals surface area contributed by atoms with E-state index in [9.17, 15) is 9.18 Å². The van der Waals surface area contributed by atoms with Gasteiger partial charge in [-0.25, -0.2) is 4.39 Å². The molecule has 2 fully saturated rings. The fourth-order valence-electron chi connectivity index (χ4n) is 3.76. The average molecular weight is 320 g/mol. The summed E-state index contributed by atoms with van der Waals surface area (Å²) >= 11 is 0. The van der Waals surface area contributed by atoms with Crippen molar-refractivity contribution >= 4 is 5.91 Å². The summed E-state index contributed by atoms with van der Waals surface area (Å²) in [5.41, 5.74) is 2.20. The molecule has 1 N–H and O–H groups in total. The summed E-state index contributed by atoms with van der Waals surface area (Å²) in [6, 6.07) is 10.3. The molecule has 2 aliphatic rings. The highest BCUT2D eigenvalue weighted by atomic mass is 19.1. The number of hydrogen-bond donors (Lipinski definition) is 1. The lowest BCUT2D eigenvalue weighted by Crippen LogP contribution is -2.25. The first-order chi connectivity index (χ1) is 11.7. The fourth-order valence-corrected chi connectivity index (χ4v) is 3.76. The molecule has 120 valence electrons. The Labute approximate surface area is 140 Å². The van der Waals surface area contributed by atoms with Crippen LogP contribution in [0.5, 0.6) is 0 Å². The zero-order valence-electron chi connectivity index (χ0n) is 13.1. The number of benzene rings is 1. The molecule has 4 rings (SSSR count). The second-order valence-electron chi connectivity index (χ2n) is 6.42. The minimum Gasteiger partial charge on any atom is -0.352 e. The van der Waals surface area contributed by atoms with Crippen LogP contribution in [0.2, 0.25) is 0 Å². The minimum atomic E-state index is -0.298. The predicted octanol–water partition coefficient (Wildman–Crippen LogP) is 3.00. The van der Waals surface area contributed by atoms with E-state index in [-0.39, 0.29) is 17.6 Å². The van der Waals surface area contributed by atoms with Crippen LogP contribution in [0.15, 0.2) is 42.6 Å². The minimum absolute atomic E-state index is 0.0933. The molecule has 1 aliphatic heterocycles. The highest BCUT2D eigenvalue weighted by molar-refractivity contribution is 5.86. The number of hydrogen-bond acceptors (Lipinski definition) is 2. The van der Waals surface area contributed by atoms with E-state index in [4.69, 9.17) is 0 Å². The molecule has 2 aromatic rings. The number of carbonyl (C=O) groups excluding carboxylic acids is 1. The van der Waals surface area contributed by atoms with E-state index in [0.717, 1.165) is 24.1 Å². The number of pyridine rings is 1. The lowest BCUT2D eigenvalue weighted by Gasteiger charge is -2.14. The first-order valence-electron chi connectivity index (χ1n) is 8.24. The summed E-state index contributed by atoms with van der Waals surface area (Å²) < 4.78 is 13.1. The number of rotatable bonds is 1. The van der Waals surface area contributed by atoms with Crippen LogP contribution in [0.1, 0.15) is 42.0 Å². The van der Waals surface area contributed by atoms with Crippen molar-refractivity contribution in [1.29, 1.82) is 0 Å². The normalized spacial score (nSPS) is 24.9. The molecule has 4 heteroatoms. The van der Waals surface area contributed by atoms with E-state index in [1.807, 2.05) is 12.1 Å². The van der Waals surface area contributed by atoms with E-state index in [1.165, 1.54) is 18.6 Å². The van der Waals surface area contributed by atoms with E-state index in [2.05, 4.69) is 22.1 Å². The van der Waals surface area contributed by atoms with Crippen LogP contribution < -0.4 is 5.32 Å². The molecule has 24 heavy (non-hydrogen) atoms. The number of halogens is 1. The summed E-state index contributed by atoms with van der Waals surface area (Å²) in [5.74, 6) is 5.94. The Balaban J connectivity index is 1.54. The van der Waals surface area contributed by atoms with Crippen molar-refractivity contribution in [2.75, 3.05) is 0 Å². The average Bonchev–Trinajstić information content (AvgIpc) is 3.14. The topological polar surface area (TPSA) is 42.0 Å². The van der Waals surface area contributed by atoms with Gasteiger partial charge in [-0.1, -0.05) is 24.3 Å². The number of nitrogens with one attached hydrogen (secondary N) is 1. The molecule has 1 aromatic carbocycles. The van der Waals surface area contributed by atoms with Gasteiger partial charge in [0.05, 0.1) is 11.6 Å². The summed E-state index contributed by atoms with van der Waals surface area (Å²) in [6.45, 7) is 0. The van der Waals surface area contributed by atoms with Gasteiger partial charge in [0.25, 0.3) is 0 Å². The number of amides is 1. The third kappa shape index (κ3) is 2.78. The quantitative estimate of drug-likeness (QED) is 0.821. The second kappa shape index (κ2) is 6.09. The second-order valence-corrected chi connectivity index (χ2v) is 6.42. The molecule has 1 saturated carbocycles. The van der Waals surface area contributed by atoms with Gasteiger partial charge in [-0.05, 0) is 49.1 Å². The van der Waals surface area contributed by atoms with Crippen molar-refractivity contribution in [2.24, 2.45) is 5.92 Å². The highest BCUT2D eigenvalue weighted by Crippen LogP contribution is 2.41. The molecule has 0 radical (unpaired) electrons. The predicted molar refractivity (Wildman–Crippen MR) is 88.6 cm³/mol. The van der Waals surface area contributed by atoms with Gasteiger partial charge in [0.2, 0.25) is 5.91 Å². The maximum absolute atomic E-state index is 13.1. The van der Waals surface area contributed by atoms with Gasteiger partial charge < -0.3 is 5.32 Å². The Bertz CT molecular complexity index is 835. The lowest BCUT2D eigenvalue weighted by molar-refractivity contribution is -0.121. The number of fused-ring (bicyclic) bond motifs is 1. The molecule has 3 nitrogen and oxygen atoms in total. The molecule has 0 bridgehead atoms. The van der Waals surface area contributed by atoms with Gasteiger partial charge in [0.1, 0.15) is 5.82 Å². The highest BCUT2D eigenvalue weighted by Gasteiger charge is 2.45. The zero-order valence-corrected chi connectivity index (χ0v) is 13.1. The maximum Gasteiger partial charge on any atom is 0.229 e. The van der Waals surface area contributed by atoms with E-state index in [0.29, 0.717) is 17.5 Å². The summed E-state index contributed by atoms with van der Waals surface area (Å²) in [4.78, 5) is 16.7. The molecular formula is C20H17FN2O. The van der Waals surface area contributed by atoms with Crippen molar-refractivity contribution < 1.29 is 9.18 Å². The van der Waals surface area contributed by atoms with Crippen LogP contribution >= 0.6 is 0 Å². The van der Waals surface area contributed by atoms with Crippen molar-refractivity contribution in [3.8, 4) is 11.8 Å². The van der Waals surface area contributed by atoms with Crippen LogP contribution in [-0.4, -0.2) is 16.9 Å². The number of aromatic nitrogens is 1. The van der Waals surface area contributed by atoms with E-state index < -0.39 is 0 Å². The van der Waals surface area contributed by atoms with E-state index in [1.54, 1.807) is 18.3 Å². The Morgan fingerprint density at radius 3 is 2.79 bits per heavy atom. The van der Waals surface area contributed by atoms with Gasteiger partial charge in [-0.3, -0.25) is 9.78 Å². The van der Waals surface area contributed by atoms with Crippen molar-refractivity contribution in [1.82, 2.24) is 10.3 Å². The fraction of sp³-hybridized carbons (Fsp3) is 0.300. The molecule has 3 unspecified atom stereocenters. The standard InChI is InChI=1S/C20H17FN2O/c21-15-4-1-3-13(11-15)7-8-14-9-10-18(22-12-14)19-16-5-2-6-17(16)23-20(19)24/h1,3-4,9-12,16-17,19H,2,5-6H2,(H,23,24). The number of carbonyl (C=O) groups is 1. The van der Waals surface area contributed by atoms with Gasteiger partial charge >= 0.3 is 0 Å². The summed E-state index contributed by atoms with van der Waals surface area (Å²) in [5, 5.41) is 3.09. The maximum atomic E-state index is 13.1. The van der Waals surface area contributed by atoms with Gasteiger partial charge in [0, 0.05) is 23.4 Å².